The number of rotatable bonds is 3. The van der Waals surface area contributed by atoms with Crippen molar-refractivity contribution < 1.29 is 30.2 Å². The van der Waals surface area contributed by atoms with Crippen LogP contribution in [-0.2, 0) is 0 Å². The zero-order valence-corrected chi connectivity index (χ0v) is 24.6. The van der Waals surface area contributed by atoms with Crippen molar-refractivity contribution in [3.63, 3.8) is 0 Å². The Morgan fingerprint density at radius 1 is 0.312 bits per heavy atom. The van der Waals surface area contributed by atoms with Gasteiger partial charge in [-0.05, 0) is 116 Å². The van der Waals surface area contributed by atoms with Gasteiger partial charge in [0.1, 0.15) is 0 Å². The van der Waals surface area contributed by atoms with Gasteiger partial charge in [-0.25, -0.2) is 0 Å². The van der Waals surface area contributed by atoms with Crippen LogP contribution in [0.15, 0.2) is 181 Å². The Labute approximate surface area is 310 Å². The Morgan fingerprint density at radius 3 is 1.42 bits per heavy atom. The van der Waals surface area contributed by atoms with Gasteiger partial charge in [0.05, 0.1) is 30.2 Å². The second-order valence-electron chi connectivity index (χ2n) is 11.1. The van der Waals surface area contributed by atoms with E-state index >= 15 is 0 Å². The first-order valence-corrected chi connectivity index (χ1v) is 14.9. The van der Waals surface area contributed by atoms with Crippen LogP contribution in [-0.4, -0.2) is 0 Å². The molecule has 0 heteroatoms. The van der Waals surface area contributed by atoms with Gasteiger partial charge >= 0.3 is 0 Å². The molecule has 0 fully saturated rings. The molecule has 0 unspecified atom stereocenters. The minimum absolute atomic E-state index is 0.0789. The quantitative estimate of drug-likeness (QED) is 0.135. The summed E-state index contributed by atoms with van der Waals surface area (Å²) in [6.07, 6.45) is 0. The molecule has 0 spiro atoms. The molecule has 10 rings (SSSR count). The standard InChI is InChI=1S/C48H30/c1-2-12-31(13-3-1)44-30-36(47-39-20-10-6-16-34(39)28-45-37-18-8-4-14-32(37)22-25-42(45)47)24-27-41(44)48-40-21-11-7-17-35(40)29-46-38-19-9-5-15-33(38)23-26-43(46)48/h1-30H/i4D,5D,6D,7D,8D,9D,10D,11D,14D,15D,16D,17D,18D,19D,20D,21D,22D,23D,25D,26D,28D,29D. The van der Waals surface area contributed by atoms with Gasteiger partial charge in [-0.15, -0.1) is 0 Å². The van der Waals surface area contributed by atoms with Crippen LogP contribution in [0.5, 0.6) is 0 Å². The number of hydrogen-bond acceptors (Lipinski definition) is 0. The fourth-order valence-corrected chi connectivity index (χ4v) is 6.46. The average molecular weight is 629 g/mol. The zero-order chi connectivity index (χ0) is 50.8. The topological polar surface area (TPSA) is 0 Å². The predicted molar refractivity (Wildman–Crippen MR) is 208 cm³/mol. The van der Waals surface area contributed by atoms with E-state index in [0.717, 1.165) is 0 Å². The molecule has 0 saturated heterocycles. The third-order valence-corrected chi connectivity index (χ3v) is 8.54. The highest BCUT2D eigenvalue weighted by atomic mass is 14.2. The molecule has 0 aliphatic carbocycles. The molecule has 10 aromatic rings. The maximum absolute atomic E-state index is 9.59. The summed E-state index contributed by atoms with van der Waals surface area (Å²) in [5.74, 6) is 0. The summed E-state index contributed by atoms with van der Waals surface area (Å²) in [6, 6.07) is -1.90. The molecule has 222 valence electrons. The summed E-state index contributed by atoms with van der Waals surface area (Å²) in [5.41, 5.74) is 0.526. The second kappa shape index (κ2) is 10.7. The first kappa shape index (κ1) is 13.1. The van der Waals surface area contributed by atoms with E-state index in [1.54, 1.807) is 30.3 Å². The van der Waals surface area contributed by atoms with Crippen molar-refractivity contribution in [2.24, 2.45) is 0 Å². The van der Waals surface area contributed by atoms with Gasteiger partial charge < -0.3 is 0 Å². The van der Waals surface area contributed by atoms with Crippen LogP contribution < -0.4 is 0 Å². The van der Waals surface area contributed by atoms with E-state index in [2.05, 4.69) is 0 Å². The van der Waals surface area contributed by atoms with Crippen LogP contribution in [0.25, 0.3) is 98.0 Å². The van der Waals surface area contributed by atoms with Crippen molar-refractivity contribution in [3.8, 4) is 33.4 Å². The lowest BCUT2D eigenvalue weighted by atomic mass is 9.84. The fourth-order valence-electron chi connectivity index (χ4n) is 6.46. The van der Waals surface area contributed by atoms with Gasteiger partial charge in [0, 0.05) is 0 Å². The molecule has 0 aliphatic heterocycles. The molecule has 10 aromatic carbocycles. The first-order chi connectivity index (χ1) is 33.0. The molecule has 0 N–H and O–H groups in total. The number of fused-ring (bicyclic) bond motifs is 8. The summed E-state index contributed by atoms with van der Waals surface area (Å²) in [5, 5.41) is -3.79. The monoisotopic (exact) mass is 628 g/mol. The smallest absolute Gasteiger partial charge is 0.0622 e. The van der Waals surface area contributed by atoms with E-state index in [1.807, 2.05) is 0 Å². The van der Waals surface area contributed by atoms with Gasteiger partial charge in [0.2, 0.25) is 0 Å². The normalized spacial score (nSPS) is 18.2. The maximum Gasteiger partial charge on any atom is 0.0636 e. The average Bonchev–Trinajstić information content (AvgIpc) is 3.35. The largest absolute Gasteiger partial charge is 0.0636 e. The number of hydrogen-bond donors (Lipinski definition) is 0. The molecule has 48 heavy (non-hydrogen) atoms. The van der Waals surface area contributed by atoms with Gasteiger partial charge in [0.25, 0.3) is 0 Å². The minimum atomic E-state index is -0.720. The highest BCUT2D eigenvalue weighted by molar-refractivity contribution is 6.23. The third kappa shape index (κ3) is 4.10. The van der Waals surface area contributed by atoms with Crippen molar-refractivity contribution in [2.45, 2.75) is 0 Å². The predicted octanol–water partition coefficient (Wildman–Crippen LogP) is 13.6. The molecule has 0 atom stereocenters. The van der Waals surface area contributed by atoms with Crippen LogP contribution in [0.2, 0.25) is 0 Å². The number of benzene rings is 10. The summed E-state index contributed by atoms with van der Waals surface area (Å²) >= 11 is 0. The molecule has 0 aromatic heterocycles. The van der Waals surface area contributed by atoms with E-state index in [9.17, 15) is 11.0 Å². The summed E-state index contributed by atoms with van der Waals surface area (Å²) < 4.78 is 198. The molecule has 0 saturated carbocycles. The lowest BCUT2D eigenvalue weighted by molar-refractivity contribution is 1.60. The molecular weight excluding hydrogens is 577 g/mol. The first-order valence-electron chi connectivity index (χ1n) is 25.9. The fraction of sp³-hybridized carbons (Fsp3) is 0. The van der Waals surface area contributed by atoms with Gasteiger partial charge in [0.15, 0.2) is 0 Å². The van der Waals surface area contributed by atoms with Crippen molar-refractivity contribution in [1.82, 2.24) is 0 Å². The van der Waals surface area contributed by atoms with E-state index in [1.165, 1.54) is 18.2 Å². The van der Waals surface area contributed by atoms with E-state index in [0.29, 0.717) is 5.56 Å². The molecular formula is C48H30. The third-order valence-electron chi connectivity index (χ3n) is 8.54. The minimum Gasteiger partial charge on any atom is -0.0622 e. The lowest BCUT2D eigenvalue weighted by Gasteiger charge is -2.19. The van der Waals surface area contributed by atoms with E-state index in [4.69, 9.17) is 19.2 Å². The summed E-state index contributed by atoms with van der Waals surface area (Å²) in [7, 11) is 0. The Bertz CT molecular complexity index is 4130. The Kier molecular flexibility index (Phi) is 2.91. The molecule has 0 aliphatic rings. The second-order valence-corrected chi connectivity index (χ2v) is 11.1. The lowest BCUT2D eigenvalue weighted by Crippen LogP contribution is -1.93. The van der Waals surface area contributed by atoms with Crippen LogP contribution in [0.1, 0.15) is 30.2 Å². The van der Waals surface area contributed by atoms with Gasteiger partial charge in [-0.2, -0.15) is 0 Å². The van der Waals surface area contributed by atoms with Crippen molar-refractivity contribution in [3.05, 3.63) is 181 Å². The zero-order valence-electron chi connectivity index (χ0n) is 46.6. The SMILES string of the molecule is [2H]c1c([2H])c([2H])c2c([2H])c3c(c([2H])c([2H])c4c([2H])c([2H])c([2H])c([2H])c43)c(-c3ccc(-c4c5c([2H])c([2H])c([2H])c([2H])c5c([2H])c5c4c([2H])c([2H])c4c([2H])c([2H])c([2H])c([2H])c45)c(-c4ccccc4)c3)c2c1[2H]. The van der Waals surface area contributed by atoms with E-state index < -0.39 is 133 Å². The van der Waals surface area contributed by atoms with Crippen LogP contribution >= 0.6 is 0 Å². The van der Waals surface area contributed by atoms with Crippen molar-refractivity contribution in [2.75, 3.05) is 0 Å². The molecule has 0 bridgehead atoms. The molecule has 0 radical (unpaired) electrons. The summed E-state index contributed by atoms with van der Waals surface area (Å²) in [6.45, 7) is 0. The van der Waals surface area contributed by atoms with Crippen LogP contribution in [0.4, 0.5) is 0 Å². The molecule has 0 amide bonds. The van der Waals surface area contributed by atoms with E-state index in [-0.39, 0.29) is 92.5 Å². The molecule has 0 heterocycles. The molecule has 0 nitrogen and oxygen atoms in total. The Balaban J connectivity index is 1.50. The van der Waals surface area contributed by atoms with Crippen molar-refractivity contribution in [1.29, 1.82) is 0 Å². The highest BCUT2D eigenvalue weighted by Gasteiger charge is 2.19. The van der Waals surface area contributed by atoms with Crippen LogP contribution in [0, 0.1) is 0 Å². The Morgan fingerprint density at radius 2 is 0.812 bits per heavy atom. The van der Waals surface area contributed by atoms with Gasteiger partial charge in [-0.1, -0.05) is 163 Å². The Hall–Kier alpha value is -6.24. The van der Waals surface area contributed by atoms with Gasteiger partial charge in [-0.3, -0.25) is 0 Å². The highest BCUT2D eigenvalue weighted by Crippen LogP contribution is 2.46. The summed E-state index contributed by atoms with van der Waals surface area (Å²) in [4.78, 5) is 0. The maximum atomic E-state index is 9.59. The van der Waals surface area contributed by atoms with Crippen LogP contribution in [0.3, 0.4) is 0 Å². The van der Waals surface area contributed by atoms with Crippen molar-refractivity contribution >= 4 is 64.6 Å².